The predicted molar refractivity (Wildman–Crippen MR) is 58.8 cm³/mol. The smallest absolute Gasteiger partial charge is 0.330 e. The Morgan fingerprint density at radius 2 is 1.93 bits per heavy atom. The van der Waals surface area contributed by atoms with Gasteiger partial charge in [-0.2, -0.15) is 0 Å². The Balaban J connectivity index is 2.84. The van der Waals surface area contributed by atoms with Crippen molar-refractivity contribution in [2.75, 3.05) is 5.33 Å². The van der Waals surface area contributed by atoms with Gasteiger partial charge in [-0.1, -0.05) is 46.3 Å². The zero-order valence-electron chi connectivity index (χ0n) is 7.81. The average Bonchev–Trinajstić information content (AvgIpc) is 2.26. The fraction of sp³-hybridized carbons (Fsp3) is 0.200. The fourth-order valence-electron chi connectivity index (χ4n) is 1.13. The summed E-state index contributed by atoms with van der Waals surface area (Å²) in [5, 5.41) is 11.4. The Morgan fingerprint density at radius 1 is 1.33 bits per heavy atom. The lowest BCUT2D eigenvalue weighted by molar-refractivity contribution is -0.141. The molecule has 1 aromatic rings. The molecule has 1 amide bonds. The minimum atomic E-state index is -1.07. The highest BCUT2D eigenvalue weighted by Crippen LogP contribution is 2.12. The van der Waals surface area contributed by atoms with Crippen LogP contribution in [0.2, 0.25) is 0 Å². The number of benzene rings is 1. The van der Waals surface area contributed by atoms with E-state index in [0.29, 0.717) is 5.56 Å². The van der Waals surface area contributed by atoms with Gasteiger partial charge in [0.25, 0.3) is 0 Å². The van der Waals surface area contributed by atoms with E-state index in [1.54, 1.807) is 30.3 Å². The van der Waals surface area contributed by atoms with E-state index >= 15 is 0 Å². The number of aliphatic carboxylic acids is 1. The molecule has 0 saturated heterocycles. The molecule has 15 heavy (non-hydrogen) atoms. The van der Waals surface area contributed by atoms with Gasteiger partial charge in [0.15, 0.2) is 6.04 Å². The van der Waals surface area contributed by atoms with Crippen molar-refractivity contribution in [3.05, 3.63) is 35.9 Å². The van der Waals surface area contributed by atoms with Crippen LogP contribution in [0.3, 0.4) is 0 Å². The van der Waals surface area contributed by atoms with Crippen molar-refractivity contribution in [3.8, 4) is 0 Å². The van der Waals surface area contributed by atoms with E-state index in [1.807, 2.05) is 0 Å². The highest BCUT2D eigenvalue weighted by Gasteiger charge is 2.20. The van der Waals surface area contributed by atoms with Gasteiger partial charge >= 0.3 is 5.97 Å². The lowest BCUT2D eigenvalue weighted by Crippen LogP contribution is -2.34. The van der Waals surface area contributed by atoms with Crippen molar-refractivity contribution in [2.45, 2.75) is 6.04 Å². The average molecular weight is 272 g/mol. The van der Waals surface area contributed by atoms with Crippen LogP contribution in [-0.2, 0) is 9.59 Å². The largest absolute Gasteiger partial charge is 0.479 e. The topological polar surface area (TPSA) is 66.4 Å². The van der Waals surface area contributed by atoms with Gasteiger partial charge in [0, 0.05) is 0 Å². The first-order valence-electron chi connectivity index (χ1n) is 4.28. The number of amides is 1. The van der Waals surface area contributed by atoms with Crippen LogP contribution in [0.5, 0.6) is 0 Å². The lowest BCUT2D eigenvalue weighted by Gasteiger charge is -2.13. The van der Waals surface area contributed by atoms with Crippen molar-refractivity contribution < 1.29 is 14.7 Å². The molecule has 0 aliphatic carbocycles. The Morgan fingerprint density at radius 3 is 2.40 bits per heavy atom. The van der Waals surface area contributed by atoms with E-state index in [1.165, 1.54) is 0 Å². The van der Waals surface area contributed by atoms with Crippen LogP contribution in [0, 0.1) is 0 Å². The standard InChI is InChI=1S/C10H10BrNO3/c11-6-8(13)12-9(10(14)15)7-4-2-1-3-5-7/h1-5,9H,6H2,(H,12,13)(H,14,15)/t9-/m1/s1. The Kier molecular flexibility index (Phi) is 4.30. The van der Waals surface area contributed by atoms with E-state index in [9.17, 15) is 9.59 Å². The third kappa shape index (κ3) is 3.36. The van der Waals surface area contributed by atoms with Gasteiger partial charge in [-0.15, -0.1) is 0 Å². The Labute approximate surface area is 95.4 Å². The molecule has 0 unspecified atom stereocenters. The second-order valence-electron chi connectivity index (χ2n) is 2.88. The Bertz CT molecular complexity index is 353. The normalized spacial score (nSPS) is 11.8. The van der Waals surface area contributed by atoms with E-state index < -0.39 is 12.0 Å². The first kappa shape index (κ1) is 11.7. The molecule has 0 spiro atoms. The molecule has 2 N–H and O–H groups in total. The van der Waals surface area contributed by atoms with Crippen LogP contribution in [0.15, 0.2) is 30.3 Å². The molecule has 80 valence electrons. The molecule has 0 radical (unpaired) electrons. The van der Waals surface area contributed by atoms with Gasteiger partial charge in [-0.25, -0.2) is 4.79 Å². The molecule has 0 aromatic heterocycles. The number of nitrogens with one attached hydrogen (secondary N) is 1. The molecule has 0 saturated carbocycles. The number of carboxylic acids is 1. The third-order valence-corrected chi connectivity index (χ3v) is 2.32. The van der Waals surface area contributed by atoms with E-state index in [-0.39, 0.29) is 11.2 Å². The van der Waals surface area contributed by atoms with Crippen molar-refractivity contribution in [2.24, 2.45) is 0 Å². The number of halogens is 1. The van der Waals surface area contributed by atoms with Gasteiger partial charge in [-0.3, -0.25) is 4.79 Å². The first-order chi connectivity index (χ1) is 7.15. The lowest BCUT2D eigenvalue weighted by atomic mass is 10.1. The van der Waals surface area contributed by atoms with Crippen LogP contribution >= 0.6 is 15.9 Å². The number of carbonyl (C=O) groups excluding carboxylic acids is 1. The second kappa shape index (κ2) is 5.50. The molecule has 0 heterocycles. The number of carboxylic acid groups (broad SMARTS) is 1. The highest BCUT2D eigenvalue weighted by molar-refractivity contribution is 9.09. The van der Waals surface area contributed by atoms with Gasteiger partial charge in [0.05, 0.1) is 5.33 Å². The van der Waals surface area contributed by atoms with E-state index in [4.69, 9.17) is 5.11 Å². The summed E-state index contributed by atoms with van der Waals surface area (Å²) in [7, 11) is 0. The summed E-state index contributed by atoms with van der Waals surface area (Å²) >= 11 is 2.96. The molecule has 4 nitrogen and oxygen atoms in total. The van der Waals surface area contributed by atoms with Crippen molar-refractivity contribution >= 4 is 27.8 Å². The third-order valence-electron chi connectivity index (χ3n) is 1.81. The fourth-order valence-corrected chi connectivity index (χ4v) is 1.29. The molecular formula is C10H10BrNO3. The van der Waals surface area contributed by atoms with Crippen LogP contribution in [0.25, 0.3) is 0 Å². The molecule has 1 rings (SSSR count). The molecule has 0 fully saturated rings. The van der Waals surface area contributed by atoms with Crippen LogP contribution in [0.4, 0.5) is 0 Å². The molecule has 0 bridgehead atoms. The molecule has 0 aliphatic heterocycles. The summed E-state index contributed by atoms with van der Waals surface area (Å²) in [4.78, 5) is 22.0. The zero-order chi connectivity index (χ0) is 11.3. The quantitative estimate of drug-likeness (QED) is 0.812. The number of alkyl halides is 1. The predicted octanol–water partition coefficient (Wildman–Crippen LogP) is 1.32. The number of hydrogen-bond acceptors (Lipinski definition) is 2. The summed E-state index contributed by atoms with van der Waals surface area (Å²) in [6.07, 6.45) is 0. The highest BCUT2D eigenvalue weighted by atomic mass is 79.9. The van der Waals surface area contributed by atoms with Gasteiger partial charge in [0.2, 0.25) is 5.91 Å². The molecule has 1 aromatic carbocycles. The second-order valence-corrected chi connectivity index (χ2v) is 3.44. The molecular weight excluding hydrogens is 262 g/mol. The first-order valence-corrected chi connectivity index (χ1v) is 5.40. The Hall–Kier alpha value is -1.36. The van der Waals surface area contributed by atoms with Gasteiger partial charge < -0.3 is 10.4 Å². The van der Waals surface area contributed by atoms with Crippen molar-refractivity contribution in [3.63, 3.8) is 0 Å². The van der Waals surface area contributed by atoms with Crippen molar-refractivity contribution in [1.82, 2.24) is 5.32 Å². The van der Waals surface area contributed by atoms with Gasteiger partial charge in [-0.05, 0) is 5.56 Å². The van der Waals surface area contributed by atoms with E-state index in [2.05, 4.69) is 21.2 Å². The molecule has 1 atom stereocenters. The summed E-state index contributed by atoms with van der Waals surface area (Å²) in [5.74, 6) is -1.43. The maximum atomic E-state index is 11.1. The number of hydrogen-bond donors (Lipinski definition) is 2. The number of rotatable bonds is 4. The zero-order valence-corrected chi connectivity index (χ0v) is 9.40. The monoisotopic (exact) mass is 271 g/mol. The SMILES string of the molecule is O=C(CBr)N[C@@H](C(=O)O)c1ccccc1. The van der Waals surface area contributed by atoms with Crippen LogP contribution in [0.1, 0.15) is 11.6 Å². The summed E-state index contributed by atoms with van der Waals surface area (Å²) in [5.41, 5.74) is 0.555. The van der Waals surface area contributed by atoms with Gasteiger partial charge in [0.1, 0.15) is 0 Å². The van der Waals surface area contributed by atoms with Crippen LogP contribution < -0.4 is 5.32 Å². The minimum Gasteiger partial charge on any atom is -0.479 e. The summed E-state index contributed by atoms with van der Waals surface area (Å²) in [6.45, 7) is 0. The summed E-state index contributed by atoms with van der Waals surface area (Å²) < 4.78 is 0. The maximum Gasteiger partial charge on any atom is 0.330 e. The maximum absolute atomic E-state index is 11.1. The minimum absolute atomic E-state index is 0.0869. The summed E-state index contributed by atoms with van der Waals surface area (Å²) in [6, 6.07) is 7.57. The molecule has 0 aliphatic rings. The van der Waals surface area contributed by atoms with Crippen LogP contribution in [-0.4, -0.2) is 22.3 Å². The van der Waals surface area contributed by atoms with E-state index in [0.717, 1.165) is 0 Å². The molecule has 5 heteroatoms. The number of carbonyl (C=O) groups is 2. The van der Waals surface area contributed by atoms with Crippen molar-refractivity contribution in [1.29, 1.82) is 0 Å².